The number of amides is 1. The number of aromatic nitrogens is 2. The summed E-state index contributed by atoms with van der Waals surface area (Å²) in [6.07, 6.45) is 6.97. The molecule has 2 aromatic rings. The van der Waals surface area contributed by atoms with Gasteiger partial charge in [-0.25, -0.2) is 4.68 Å². The number of rotatable bonds is 4. The van der Waals surface area contributed by atoms with Gasteiger partial charge in [0.25, 0.3) is 5.91 Å². The molecule has 27 heavy (non-hydrogen) atoms. The predicted molar refractivity (Wildman–Crippen MR) is 107 cm³/mol. The van der Waals surface area contributed by atoms with Crippen molar-refractivity contribution in [3.8, 4) is 5.69 Å². The van der Waals surface area contributed by atoms with E-state index in [4.69, 9.17) is 0 Å². The van der Waals surface area contributed by atoms with E-state index >= 15 is 0 Å². The summed E-state index contributed by atoms with van der Waals surface area (Å²) in [5.41, 5.74) is 2.53. The van der Waals surface area contributed by atoms with Crippen molar-refractivity contribution in [1.29, 1.82) is 0 Å². The number of piperazine rings is 1. The highest BCUT2D eigenvalue weighted by atomic mass is 16.2. The number of benzene rings is 1. The summed E-state index contributed by atoms with van der Waals surface area (Å²) in [5, 5.41) is 4.58. The van der Waals surface area contributed by atoms with Crippen LogP contribution in [0.4, 0.5) is 0 Å². The second kappa shape index (κ2) is 8.26. The number of para-hydroxylation sites is 1. The average Bonchev–Trinajstić information content (AvgIpc) is 3.11. The first-order valence-corrected chi connectivity index (χ1v) is 10.3. The molecule has 0 atom stereocenters. The Bertz CT molecular complexity index is 756. The van der Waals surface area contributed by atoms with Crippen molar-refractivity contribution in [3.05, 3.63) is 47.8 Å². The highest BCUT2D eigenvalue weighted by Crippen LogP contribution is 2.25. The zero-order valence-corrected chi connectivity index (χ0v) is 16.3. The van der Waals surface area contributed by atoms with Crippen molar-refractivity contribution in [3.63, 3.8) is 0 Å². The lowest BCUT2D eigenvalue weighted by molar-refractivity contribution is 0.0600. The zero-order chi connectivity index (χ0) is 18.6. The topological polar surface area (TPSA) is 41.4 Å². The normalized spacial score (nSPS) is 19.4. The van der Waals surface area contributed by atoms with Gasteiger partial charge in [-0.1, -0.05) is 37.5 Å². The third-order valence-corrected chi connectivity index (χ3v) is 6.01. The highest BCUT2D eigenvalue weighted by molar-refractivity contribution is 5.92. The number of hydrogen-bond donors (Lipinski definition) is 0. The van der Waals surface area contributed by atoms with Gasteiger partial charge >= 0.3 is 0 Å². The molecule has 1 saturated carbocycles. The SMILES string of the molecule is Cc1cc(C(=O)N2CCN(CC3CCCCC3)CC2)nn1-c1ccccc1. The minimum atomic E-state index is 0.0603. The molecule has 2 fully saturated rings. The van der Waals surface area contributed by atoms with E-state index in [1.54, 1.807) is 0 Å². The summed E-state index contributed by atoms with van der Waals surface area (Å²) in [7, 11) is 0. The average molecular weight is 367 g/mol. The van der Waals surface area contributed by atoms with Gasteiger partial charge in [-0.3, -0.25) is 9.69 Å². The Morgan fingerprint density at radius 1 is 1.04 bits per heavy atom. The lowest BCUT2D eigenvalue weighted by Crippen LogP contribution is -2.50. The van der Waals surface area contributed by atoms with Crippen molar-refractivity contribution in [1.82, 2.24) is 19.6 Å². The molecule has 0 bridgehead atoms. The van der Waals surface area contributed by atoms with Crippen LogP contribution in [0, 0.1) is 12.8 Å². The van der Waals surface area contributed by atoms with E-state index in [0.717, 1.165) is 43.5 Å². The second-order valence-electron chi connectivity index (χ2n) is 8.02. The lowest BCUT2D eigenvalue weighted by atomic mass is 9.89. The van der Waals surface area contributed by atoms with Crippen LogP contribution in [0.15, 0.2) is 36.4 Å². The van der Waals surface area contributed by atoms with Gasteiger partial charge in [0.15, 0.2) is 5.69 Å². The summed E-state index contributed by atoms with van der Waals surface area (Å²) < 4.78 is 1.85. The van der Waals surface area contributed by atoms with E-state index in [2.05, 4.69) is 10.00 Å². The highest BCUT2D eigenvalue weighted by Gasteiger charge is 2.26. The third-order valence-electron chi connectivity index (χ3n) is 6.01. The minimum absolute atomic E-state index is 0.0603. The Labute approximate surface area is 162 Å². The lowest BCUT2D eigenvalue weighted by Gasteiger charge is -2.37. The fourth-order valence-corrected chi connectivity index (χ4v) is 4.44. The molecule has 0 spiro atoms. The van der Waals surface area contributed by atoms with Gasteiger partial charge in [0.2, 0.25) is 0 Å². The molecule has 4 rings (SSSR count). The quantitative estimate of drug-likeness (QED) is 0.831. The molecule has 144 valence electrons. The first kappa shape index (κ1) is 18.2. The van der Waals surface area contributed by atoms with E-state index in [0.29, 0.717) is 5.69 Å². The van der Waals surface area contributed by atoms with Crippen molar-refractivity contribution >= 4 is 5.91 Å². The number of aryl methyl sites for hydroxylation is 1. The smallest absolute Gasteiger partial charge is 0.274 e. The Morgan fingerprint density at radius 3 is 2.44 bits per heavy atom. The number of hydrogen-bond acceptors (Lipinski definition) is 3. The summed E-state index contributed by atoms with van der Waals surface area (Å²) in [5.74, 6) is 0.926. The van der Waals surface area contributed by atoms with Crippen molar-refractivity contribution < 1.29 is 4.79 Å². The van der Waals surface area contributed by atoms with Crippen LogP contribution in [0.2, 0.25) is 0 Å². The maximum Gasteiger partial charge on any atom is 0.274 e. The van der Waals surface area contributed by atoms with Crippen LogP contribution in [-0.2, 0) is 0 Å². The Morgan fingerprint density at radius 2 is 1.74 bits per heavy atom. The van der Waals surface area contributed by atoms with Crippen molar-refractivity contribution in [2.24, 2.45) is 5.92 Å². The van der Waals surface area contributed by atoms with Crippen LogP contribution in [-0.4, -0.2) is 58.2 Å². The first-order valence-electron chi connectivity index (χ1n) is 10.3. The first-order chi connectivity index (χ1) is 13.2. The largest absolute Gasteiger partial charge is 0.335 e. The van der Waals surface area contributed by atoms with Crippen LogP contribution in [0.3, 0.4) is 0 Å². The van der Waals surface area contributed by atoms with E-state index in [9.17, 15) is 4.79 Å². The Hall–Kier alpha value is -2.14. The molecule has 1 aliphatic heterocycles. The molecule has 0 N–H and O–H groups in total. The number of nitrogens with zero attached hydrogens (tertiary/aromatic N) is 4. The fraction of sp³-hybridized carbons (Fsp3) is 0.545. The van der Waals surface area contributed by atoms with Gasteiger partial charge in [-0.2, -0.15) is 5.10 Å². The molecule has 1 aromatic heterocycles. The van der Waals surface area contributed by atoms with Crippen molar-refractivity contribution in [2.45, 2.75) is 39.0 Å². The van der Waals surface area contributed by atoms with Gasteiger partial charge in [0, 0.05) is 38.4 Å². The standard InChI is InChI=1S/C22H30N4O/c1-18-16-21(23-26(18)20-10-6-3-7-11-20)22(27)25-14-12-24(13-15-25)17-19-8-4-2-5-9-19/h3,6-7,10-11,16,19H,2,4-5,8-9,12-15,17H2,1H3. The van der Waals surface area contributed by atoms with Gasteiger partial charge in [0.05, 0.1) is 5.69 Å². The molecule has 1 saturated heterocycles. The van der Waals surface area contributed by atoms with Crippen LogP contribution < -0.4 is 0 Å². The number of carbonyl (C=O) groups excluding carboxylic acids is 1. The molecular weight excluding hydrogens is 336 g/mol. The maximum atomic E-state index is 12.9. The van der Waals surface area contributed by atoms with Crippen LogP contribution >= 0.6 is 0 Å². The van der Waals surface area contributed by atoms with Crippen molar-refractivity contribution in [2.75, 3.05) is 32.7 Å². The molecule has 5 nitrogen and oxygen atoms in total. The van der Waals surface area contributed by atoms with Gasteiger partial charge in [-0.15, -0.1) is 0 Å². The second-order valence-corrected chi connectivity index (χ2v) is 8.02. The zero-order valence-electron chi connectivity index (χ0n) is 16.3. The number of carbonyl (C=O) groups is 1. The van der Waals surface area contributed by atoms with Crippen LogP contribution in [0.5, 0.6) is 0 Å². The van der Waals surface area contributed by atoms with Crippen LogP contribution in [0.25, 0.3) is 5.69 Å². The van der Waals surface area contributed by atoms with E-state index in [1.807, 2.05) is 52.9 Å². The molecule has 1 aliphatic carbocycles. The Balaban J connectivity index is 1.35. The third kappa shape index (κ3) is 4.24. The molecule has 1 aromatic carbocycles. The summed E-state index contributed by atoms with van der Waals surface area (Å²) >= 11 is 0. The summed E-state index contributed by atoms with van der Waals surface area (Å²) in [6.45, 7) is 6.80. The van der Waals surface area contributed by atoms with E-state index in [-0.39, 0.29) is 5.91 Å². The van der Waals surface area contributed by atoms with Gasteiger partial charge in [0.1, 0.15) is 0 Å². The predicted octanol–water partition coefficient (Wildman–Crippen LogP) is 3.52. The van der Waals surface area contributed by atoms with Crippen LogP contribution in [0.1, 0.15) is 48.3 Å². The van der Waals surface area contributed by atoms with E-state index in [1.165, 1.54) is 38.6 Å². The van der Waals surface area contributed by atoms with E-state index < -0.39 is 0 Å². The molecule has 2 aliphatic rings. The molecule has 0 radical (unpaired) electrons. The minimum Gasteiger partial charge on any atom is -0.335 e. The van der Waals surface area contributed by atoms with Gasteiger partial charge < -0.3 is 4.90 Å². The fourth-order valence-electron chi connectivity index (χ4n) is 4.44. The monoisotopic (exact) mass is 366 g/mol. The van der Waals surface area contributed by atoms with Gasteiger partial charge in [-0.05, 0) is 43.9 Å². The molecule has 5 heteroatoms. The maximum absolute atomic E-state index is 12.9. The molecule has 2 heterocycles. The summed E-state index contributed by atoms with van der Waals surface area (Å²) in [6, 6.07) is 11.9. The summed E-state index contributed by atoms with van der Waals surface area (Å²) in [4.78, 5) is 17.4. The molecule has 0 unspecified atom stereocenters. The molecule has 1 amide bonds. The molecular formula is C22H30N4O. The Kier molecular flexibility index (Phi) is 5.58.